The normalized spacial score (nSPS) is 10.2. The van der Waals surface area contributed by atoms with Crippen LogP contribution in [0.2, 0.25) is 5.02 Å². The van der Waals surface area contributed by atoms with E-state index < -0.39 is 0 Å². The fourth-order valence-corrected chi connectivity index (χ4v) is 1.69. The van der Waals surface area contributed by atoms with E-state index in [4.69, 9.17) is 17.3 Å². The molecule has 2 aromatic heterocycles. The van der Waals surface area contributed by atoms with Crippen molar-refractivity contribution < 1.29 is 0 Å². The number of nitrogens with two attached hydrogens (primary N) is 1. The number of hydrogen-bond donors (Lipinski definition) is 2. The first-order chi connectivity index (χ1) is 8.16. The summed E-state index contributed by atoms with van der Waals surface area (Å²) < 4.78 is 0. The van der Waals surface area contributed by atoms with Gasteiger partial charge in [-0.1, -0.05) is 11.6 Å². The highest BCUT2D eigenvalue weighted by Crippen LogP contribution is 2.21. The Kier molecular flexibility index (Phi) is 3.44. The highest BCUT2D eigenvalue weighted by molar-refractivity contribution is 6.33. The summed E-state index contributed by atoms with van der Waals surface area (Å²) >= 11 is 6.01. The number of aryl methyl sites for hydroxylation is 1. The summed E-state index contributed by atoms with van der Waals surface area (Å²) in [7, 11) is 0. The third-order valence-electron chi connectivity index (χ3n) is 2.46. The van der Waals surface area contributed by atoms with Gasteiger partial charge in [-0.15, -0.1) is 0 Å². The summed E-state index contributed by atoms with van der Waals surface area (Å²) in [6.07, 6.45) is 5.17. The number of rotatable bonds is 3. The SMILES string of the molecule is Cc1ccncc1CNc1ncc(N)cc1Cl. The summed E-state index contributed by atoms with van der Waals surface area (Å²) in [5, 5.41) is 3.68. The Morgan fingerprint density at radius 1 is 1.41 bits per heavy atom. The molecule has 0 aliphatic heterocycles. The number of nitrogens with one attached hydrogen (secondary N) is 1. The van der Waals surface area contributed by atoms with Crippen molar-refractivity contribution in [3.8, 4) is 0 Å². The number of halogens is 1. The number of pyridine rings is 2. The predicted octanol–water partition coefficient (Wildman–Crippen LogP) is 2.63. The lowest BCUT2D eigenvalue weighted by Crippen LogP contribution is -2.04. The lowest BCUT2D eigenvalue weighted by atomic mass is 10.1. The van der Waals surface area contributed by atoms with Crippen LogP contribution < -0.4 is 11.1 Å². The van der Waals surface area contributed by atoms with Crippen LogP contribution in [0.25, 0.3) is 0 Å². The van der Waals surface area contributed by atoms with Crippen LogP contribution in [0.5, 0.6) is 0 Å². The van der Waals surface area contributed by atoms with Crippen LogP contribution in [0.1, 0.15) is 11.1 Å². The van der Waals surface area contributed by atoms with Crippen molar-refractivity contribution in [1.29, 1.82) is 0 Å². The van der Waals surface area contributed by atoms with Gasteiger partial charge in [-0.2, -0.15) is 0 Å². The summed E-state index contributed by atoms with van der Waals surface area (Å²) in [5.41, 5.74) is 8.42. The second-order valence-corrected chi connectivity index (χ2v) is 4.16. The van der Waals surface area contributed by atoms with Crippen molar-refractivity contribution in [2.24, 2.45) is 0 Å². The predicted molar refractivity (Wildman–Crippen MR) is 70.0 cm³/mol. The summed E-state index contributed by atoms with van der Waals surface area (Å²) in [6, 6.07) is 3.64. The average Bonchev–Trinajstić information content (AvgIpc) is 2.30. The minimum absolute atomic E-state index is 0.520. The zero-order valence-electron chi connectivity index (χ0n) is 9.44. The molecule has 0 saturated carbocycles. The molecule has 0 aromatic carbocycles. The quantitative estimate of drug-likeness (QED) is 0.877. The van der Waals surface area contributed by atoms with Gasteiger partial charge in [0.1, 0.15) is 5.82 Å². The van der Waals surface area contributed by atoms with Crippen molar-refractivity contribution in [3.63, 3.8) is 0 Å². The van der Waals surface area contributed by atoms with Gasteiger partial charge >= 0.3 is 0 Å². The maximum absolute atomic E-state index is 6.01. The van der Waals surface area contributed by atoms with Gasteiger partial charge in [0, 0.05) is 18.9 Å². The van der Waals surface area contributed by atoms with E-state index in [0.29, 0.717) is 23.1 Å². The Balaban J connectivity index is 2.10. The van der Waals surface area contributed by atoms with Gasteiger partial charge in [0.05, 0.1) is 16.9 Å². The highest BCUT2D eigenvalue weighted by atomic mass is 35.5. The van der Waals surface area contributed by atoms with Gasteiger partial charge in [-0.05, 0) is 30.2 Å². The van der Waals surface area contributed by atoms with E-state index in [1.165, 1.54) is 5.56 Å². The summed E-state index contributed by atoms with van der Waals surface area (Å²) in [5.74, 6) is 0.629. The van der Waals surface area contributed by atoms with Crippen LogP contribution in [-0.4, -0.2) is 9.97 Å². The van der Waals surface area contributed by atoms with Gasteiger partial charge < -0.3 is 11.1 Å². The summed E-state index contributed by atoms with van der Waals surface area (Å²) in [4.78, 5) is 8.22. The number of nitrogen functional groups attached to an aromatic ring is 1. The Hall–Kier alpha value is -1.81. The van der Waals surface area contributed by atoms with E-state index in [-0.39, 0.29) is 0 Å². The van der Waals surface area contributed by atoms with Crippen LogP contribution in [0, 0.1) is 6.92 Å². The zero-order valence-corrected chi connectivity index (χ0v) is 10.2. The van der Waals surface area contributed by atoms with E-state index >= 15 is 0 Å². The largest absolute Gasteiger partial charge is 0.397 e. The first kappa shape index (κ1) is 11.7. The maximum Gasteiger partial charge on any atom is 0.145 e. The van der Waals surface area contributed by atoms with Crippen molar-refractivity contribution >= 4 is 23.1 Å². The van der Waals surface area contributed by atoms with Gasteiger partial charge in [0.25, 0.3) is 0 Å². The van der Waals surface area contributed by atoms with Crippen molar-refractivity contribution in [2.45, 2.75) is 13.5 Å². The molecule has 0 spiro atoms. The monoisotopic (exact) mass is 248 g/mol. The lowest BCUT2D eigenvalue weighted by molar-refractivity contribution is 1.06. The fourth-order valence-electron chi connectivity index (χ4n) is 1.44. The molecule has 2 rings (SSSR count). The first-order valence-corrected chi connectivity index (χ1v) is 5.59. The first-order valence-electron chi connectivity index (χ1n) is 5.21. The molecule has 0 saturated heterocycles. The molecule has 3 N–H and O–H groups in total. The van der Waals surface area contributed by atoms with Crippen LogP contribution in [0.4, 0.5) is 11.5 Å². The van der Waals surface area contributed by atoms with Gasteiger partial charge in [0.15, 0.2) is 0 Å². The standard InChI is InChI=1S/C12H13ClN4/c1-8-2-3-15-5-9(8)6-16-12-11(13)4-10(14)7-17-12/h2-5,7H,6,14H2,1H3,(H,16,17). The second kappa shape index (κ2) is 5.01. The molecule has 2 heterocycles. The van der Waals surface area contributed by atoms with Crippen molar-refractivity contribution in [3.05, 3.63) is 46.9 Å². The minimum atomic E-state index is 0.520. The minimum Gasteiger partial charge on any atom is -0.397 e. The van der Waals surface area contributed by atoms with Gasteiger partial charge in [0.2, 0.25) is 0 Å². The number of aromatic nitrogens is 2. The molecule has 0 bridgehead atoms. The number of hydrogen-bond acceptors (Lipinski definition) is 4. The maximum atomic E-state index is 6.01. The molecule has 5 heteroatoms. The fraction of sp³-hybridized carbons (Fsp3) is 0.167. The molecule has 0 unspecified atom stereocenters. The Labute approximate surface area is 105 Å². The molecular formula is C12H13ClN4. The number of anilines is 2. The lowest BCUT2D eigenvalue weighted by Gasteiger charge is -2.09. The highest BCUT2D eigenvalue weighted by Gasteiger charge is 2.03. The van der Waals surface area contributed by atoms with E-state index in [1.807, 2.05) is 19.2 Å². The molecule has 17 heavy (non-hydrogen) atoms. The van der Waals surface area contributed by atoms with Crippen LogP contribution in [-0.2, 0) is 6.54 Å². The average molecular weight is 249 g/mol. The van der Waals surface area contributed by atoms with E-state index in [0.717, 1.165) is 5.56 Å². The molecule has 88 valence electrons. The van der Waals surface area contributed by atoms with Gasteiger partial charge in [-0.25, -0.2) is 4.98 Å². The smallest absolute Gasteiger partial charge is 0.145 e. The van der Waals surface area contributed by atoms with E-state index in [2.05, 4.69) is 15.3 Å². The Bertz CT molecular complexity index is 528. The second-order valence-electron chi connectivity index (χ2n) is 3.75. The molecule has 0 amide bonds. The third kappa shape index (κ3) is 2.85. The Morgan fingerprint density at radius 3 is 2.94 bits per heavy atom. The third-order valence-corrected chi connectivity index (χ3v) is 2.74. The molecule has 0 aliphatic rings. The molecule has 0 atom stereocenters. The Morgan fingerprint density at radius 2 is 2.24 bits per heavy atom. The topological polar surface area (TPSA) is 63.8 Å². The van der Waals surface area contributed by atoms with Gasteiger partial charge in [-0.3, -0.25) is 4.98 Å². The van der Waals surface area contributed by atoms with Crippen molar-refractivity contribution in [1.82, 2.24) is 9.97 Å². The van der Waals surface area contributed by atoms with E-state index in [9.17, 15) is 0 Å². The van der Waals surface area contributed by atoms with Crippen LogP contribution in [0.15, 0.2) is 30.7 Å². The van der Waals surface area contributed by atoms with E-state index in [1.54, 1.807) is 18.5 Å². The molecule has 4 nitrogen and oxygen atoms in total. The van der Waals surface area contributed by atoms with Crippen LogP contribution >= 0.6 is 11.6 Å². The molecule has 0 fully saturated rings. The molecule has 0 radical (unpaired) electrons. The van der Waals surface area contributed by atoms with Crippen LogP contribution in [0.3, 0.4) is 0 Å². The van der Waals surface area contributed by atoms with Crippen molar-refractivity contribution in [2.75, 3.05) is 11.1 Å². The zero-order chi connectivity index (χ0) is 12.3. The summed E-state index contributed by atoms with van der Waals surface area (Å²) in [6.45, 7) is 2.67. The molecule has 0 aliphatic carbocycles. The molecular weight excluding hydrogens is 236 g/mol. The molecule has 2 aromatic rings. The number of nitrogens with zero attached hydrogens (tertiary/aromatic N) is 2.